The number of allylic oxidation sites excluding steroid dienone is 1. The third-order valence-electron chi connectivity index (χ3n) is 9.62. The average molecular weight is 574 g/mol. The fourth-order valence-electron chi connectivity index (χ4n) is 7.62. The molecule has 3 heterocycles. The van der Waals surface area contributed by atoms with Crippen LogP contribution in [0.25, 0.3) is 88.0 Å². The Morgan fingerprint density at radius 3 is 2.20 bits per heavy atom. The summed E-state index contributed by atoms with van der Waals surface area (Å²) in [5.41, 5.74) is 6.92. The maximum absolute atomic E-state index is 5.29. The zero-order chi connectivity index (χ0) is 29.5. The number of fused-ring (bicyclic) bond motifs is 12. The minimum absolute atomic E-state index is 0.969. The van der Waals surface area contributed by atoms with Gasteiger partial charge in [-0.05, 0) is 75.7 Å². The van der Waals surface area contributed by atoms with Gasteiger partial charge in [0, 0.05) is 38.7 Å². The van der Waals surface area contributed by atoms with E-state index in [1.165, 1.54) is 70.8 Å². The standard InChI is InChI=1S/C42H27N3/c1-2-13-28-25-43-37(23-27(28)12-1)34-24-35-30-15-5-7-17-32(30)42-41(40(35)31-16-6-4-14-29(31)34)33-18-8-10-20-38(33)45(42)39-22-21-26-11-3-9-19-36(26)44-39/h1-8,10-18,20-25H,9,19H2. The first kappa shape index (κ1) is 24.6. The quantitative estimate of drug-likeness (QED) is 0.193. The van der Waals surface area contributed by atoms with Crippen LogP contribution >= 0.6 is 0 Å². The van der Waals surface area contributed by atoms with Gasteiger partial charge in [-0.25, -0.2) is 4.98 Å². The first-order valence-electron chi connectivity index (χ1n) is 15.6. The molecule has 0 saturated carbocycles. The second kappa shape index (κ2) is 9.35. The molecule has 0 fully saturated rings. The van der Waals surface area contributed by atoms with Crippen molar-refractivity contribution in [2.24, 2.45) is 0 Å². The van der Waals surface area contributed by atoms with E-state index in [1.54, 1.807) is 0 Å². The smallest absolute Gasteiger partial charge is 0.137 e. The molecule has 0 atom stereocenters. The van der Waals surface area contributed by atoms with Crippen LogP contribution in [0.3, 0.4) is 0 Å². The molecule has 0 unspecified atom stereocenters. The fourth-order valence-corrected chi connectivity index (χ4v) is 7.62. The van der Waals surface area contributed by atoms with E-state index in [4.69, 9.17) is 9.97 Å². The van der Waals surface area contributed by atoms with E-state index in [2.05, 4.69) is 138 Å². The van der Waals surface area contributed by atoms with Gasteiger partial charge in [-0.2, -0.15) is 0 Å². The lowest BCUT2D eigenvalue weighted by Crippen LogP contribution is -2.04. The summed E-state index contributed by atoms with van der Waals surface area (Å²) in [5.74, 6) is 0.973. The lowest BCUT2D eigenvalue weighted by molar-refractivity contribution is 0.907. The topological polar surface area (TPSA) is 30.7 Å². The summed E-state index contributed by atoms with van der Waals surface area (Å²) in [5, 5.41) is 12.3. The van der Waals surface area contributed by atoms with E-state index in [-0.39, 0.29) is 0 Å². The molecular weight excluding hydrogens is 546 g/mol. The largest absolute Gasteiger partial charge is 0.293 e. The monoisotopic (exact) mass is 573 g/mol. The first-order valence-corrected chi connectivity index (χ1v) is 15.6. The van der Waals surface area contributed by atoms with Crippen LogP contribution in [0.2, 0.25) is 0 Å². The number of aryl methyl sites for hydroxylation is 1. The Bertz CT molecular complexity index is 2710. The molecule has 0 spiro atoms. The normalized spacial score (nSPS) is 13.1. The van der Waals surface area contributed by atoms with Gasteiger partial charge in [-0.3, -0.25) is 9.55 Å². The van der Waals surface area contributed by atoms with Gasteiger partial charge in [-0.1, -0.05) is 103 Å². The van der Waals surface area contributed by atoms with Crippen molar-refractivity contribution in [3.63, 3.8) is 0 Å². The summed E-state index contributed by atoms with van der Waals surface area (Å²) in [6, 6.07) is 44.0. The Morgan fingerprint density at radius 1 is 0.578 bits per heavy atom. The molecule has 3 heteroatoms. The Balaban J connectivity index is 1.40. The summed E-state index contributed by atoms with van der Waals surface area (Å²) in [6.45, 7) is 0. The fraction of sp³-hybridized carbons (Fsp3) is 0.0476. The minimum atomic E-state index is 0.969. The summed E-state index contributed by atoms with van der Waals surface area (Å²) in [6.07, 6.45) is 8.45. The van der Waals surface area contributed by atoms with Crippen molar-refractivity contribution in [1.82, 2.24) is 14.5 Å². The number of para-hydroxylation sites is 1. The third kappa shape index (κ3) is 3.52. The zero-order valence-electron chi connectivity index (χ0n) is 24.5. The molecule has 0 bridgehead atoms. The van der Waals surface area contributed by atoms with E-state index in [0.717, 1.165) is 35.3 Å². The number of aromatic nitrogens is 3. The predicted octanol–water partition coefficient (Wildman–Crippen LogP) is 10.8. The Labute approximate surface area is 259 Å². The van der Waals surface area contributed by atoms with Gasteiger partial charge in [0.15, 0.2) is 0 Å². The van der Waals surface area contributed by atoms with Crippen LogP contribution in [0.5, 0.6) is 0 Å². The molecule has 10 rings (SSSR count). The second-order valence-electron chi connectivity index (χ2n) is 12.1. The van der Waals surface area contributed by atoms with Gasteiger partial charge in [0.25, 0.3) is 0 Å². The number of rotatable bonds is 2. The number of hydrogen-bond acceptors (Lipinski definition) is 2. The maximum atomic E-state index is 5.29. The molecule has 0 amide bonds. The minimum Gasteiger partial charge on any atom is -0.293 e. The van der Waals surface area contributed by atoms with Crippen LogP contribution < -0.4 is 0 Å². The van der Waals surface area contributed by atoms with Crippen LogP contribution in [0.15, 0.2) is 134 Å². The van der Waals surface area contributed by atoms with Gasteiger partial charge in [-0.15, -0.1) is 0 Å². The second-order valence-corrected chi connectivity index (χ2v) is 12.1. The number of pyridine rings is 2. The van der Waals surface area contributed by atoms with Crippen molar-refractivity contribution in [3.05, 3.63) is 145 Å². The van der Waals surface area contributed by atoms with Gasteiger partial charge < -0.3 is 0 Å². The van der Waals surface area contributed by atoms with E-state index in [9.17, 15) is 0 Å². The van der Waals surface area contributed by atoms with Crippen molar-refractivity contribution in [3.8, 4) is 17.1 Å². The molecule has 0 saturated heterocycles. The highest BCUT2D eigenvalue weighted by molar-refractivity contribution is 6.37. The molecule has 3 aromatic heterocycles. The highest BCUT2D eigenvalue weighted by Crippen LogP contribution is 2.46. The molecule has 6 aromatic carbocycles. The Kier molecular flexibility index (Phi) is 5.11. The number of hydrogen-bond donors (Lipinski definition) is 0. The van der Waals surface area contributed by atoms with E-state index in [0.29, 0.717) is 0 Å². The highest BCUT2D eigenvalue weighted by Gasteiger charge is 2.22. The molecule has 210 valence electrons. The summed E-state index contributed by atoms with van der Waals surface area (Å²) >= 11 is 0. The lowest BCUT2D eigenvalue weighted by Gasteiger charge is -2.17. The van der Waals surface area contributed by atoms with Crippen molar-refractivity contribution in [2.75, 3.05) is 0 Å². The summed E-state index contributed by atoms with van der Waals surface area (Å²) in [4.78, 5) is 10.3. The molecule has 45 heavy (non-hydrogen) atoms. The first-order chi connectivity index (χ1) is 22.3. The number of nitrogens with zero attached hydrogens (tertiary/aromatic N) is 3. The molecule has 1 aliphatic rings. The van der Waals surface area contributed by atoms with Crippen LogP contribution in [0.4, 0.5) is 0 Å². The van der Waals surface area contributed by atoms with Crippen LogP contribution in [0.1, 0.15) is 17.7 Å². The molecule has 0 aliphatic heterocycles. The average Bonchev–Trinajstić information content (AvgIpc) is 3.46. The molecule has 1 aliphatic carbocycles. The van der Waals surface area contributed by atoms with E-state index >= 15 is 0 Å². The maximum Gasteiger partial charge on any atom is 0.137 e. The lowest BCUT2D eigenvalue weighted by atomic mass is 9.89. The van der Waals surface area contributed by atoms with Crippen LogP contribution in [-0.4, -0.2) is 14.5 Å². The van der Waals surface area contributed by atoms with Gasteiger partial charge in [0.1, 0.15) is 5.82 Å². The van der Waals surface area contributed by atoms with E-state index < -0.39 is 0 Å². The van der Waals surface area contributed by atoms with E-state index in [1.807, 2.05) is 6.20 Å². The summed E-state index contributed by atoms with van der Waals surface area (Å²) in [7, 11) is 0. The molecule has 0 radical (unpaired) electrons. The Morgan fingerprint density at radius 2 is 1.31 bits per heavy atom. The molecule has 9 aromatic rings. The predicted molar refractivity (Wildman–Crippen MR) is 189 cm³/mol. The highest BCUT2D eigenvalue weighted by atomic mass is 15.1. The van der Waals surface area contributed by atoms with Crippen molar-refractivity contribution >= 4 is 71.0 Å². The van der Waals surface area contributed by atoms with Gasteiger partial charge >= 0.3 is 0 Å². The SMILES string of the molecule is C1=Cc2ccc(-n3c4ccccc4c4c5c6ccccc6c(-c6cc7ccccc7cn6)cc5c5ccccc5c43)nc2CC1. The molecule has 3 nitrogen and oxygen atoms in total. The van der Waals surface area contributed by atoms with Gasteiger partial charge in [0.2, 0.25) is 0 Å². The number of benzene rings is 6. The van der Waals surface area contributed by atoms with Crippen LogP contribution in [-0.2, 0) is 6.42 Å². The molecule has 0 N–H and O–H groups in total. The third-order valence-corrected chi connectivity index (χ3v) is 9.62. The van der Waals surface area contributed by atoms with Gasteiger partial charge in [0.05, 0.1) is 22.4 Å². The van der Waals surface area contributed by atoms with Crippen molar-refractivity contribution in [1.29, 1.82) is 0 Å². The molecular formula is C42H27N3. The zero-order valence-corrected chi connectivity index (χ0v) is 24.5. The summed E-state index contributed by atoms with van der Waals surface area (Å²) < 4.78 is 2.40. The van der Waals surface area contributed by atoms with Crippen molar-refractivity contribution < 1.29 is 0 Å². The van der Waals surface area contributed by atoms with Crippen molar-refractivity contribution in [2.45, 2.75) is 12.8 Å². The van der Waals surface area contributed by atoms with Crippen LogP contribution in [0, 0.1) is 0 Å². The Hall–Kier alpha value is -5.80.